The van der Waals surface area contributed by atoms with Gasteiger partial charge in [0.1, 0.15) is 0 Å². The molecular formula is C10H18O2. The van der Waals surface area contributed by atoms with Crippen molar-refractivity contribution >= 4 is 0 Å². The first kappa shape index (κ1) is 9.75. The minimum Gasteiger partial charge on any atom is -0.376 e. The van der Waals surface area contributed by atoms with Gasteiger partial charge in [-0.2, -0.15) is 0 Å². The second-order valence-electron chi connectivity index (χ2n) is 3.84. The highest BCUT2D eigenvalue weighted by Crippen LogP contribution is 2.27. The zero-order chi connectivity index (χ0) is 9.19. The molecule has 1 aliphatic heterocycles. The minimum absolute atomic E-state index is 0.0774. The van der Waals surface area contributed by atoms with E-state index in [4.69, 9.17) is 9.47 Å². The highest BCUT2D eigenvalue weighted by Gasteiger charge is 2.31. The van der Waals surface area contributed by atoms with Crippen LogP contribution in [0.25, 0.3) is 0 Å². The molecule has 0 radical (unpaired) electrons. The van der Waals surface area contributed by atoms with Crippen molar-refractivity contribution in [3.63, 3.8) is 0 Å². The van der Waals surface area contributed by atoms with Crippen LogP contribution in [-0.4, -0.2) is 25.4 Å². The predicted octanol–water partition coefficient (Wildman–Crippen LogP) is 2.15. The summed E-state index contributed by atoms with van der Waals surface area (Å²) in [4.78, 5) is 0. The number of hydrogen-bond donors (Lipinski definition) is 0. The Kier molecular flexibility index (Phi) is 2.91. The van der Waals surface area contributed by atoms with Crippen molar-refractivity contribution in [3.8, 4) is 0 Å². The normalized spacial score (nSPS) is 36.4. The first-order valence-corrected chi connectivity index (χ1v) is 4.39. The first-order valence-electron chi connectivity index (χ1n) is 4.39. The molecule has 1 saturated heterocycles. The summed E-state index contributed by atoms with van der Waals surface area (Å²) in [7, 11) is 1.74. The van der Waals surface area contributed by atoms with Gasteiger partial charge >= 0.3 is 0 Å². The Morgan fingerprint density at radius 2 is 2.33 bits per heavy atom. The van der Waals surface area contributed by atoms with Crippen molar-refractivity contribution in [3.05, 3.63) is 12.2 Å². The van der Waals surface area contributed by atoms with E-state index >= 15 is 0 Å². The summed E-state index contributed by atoms with van der Waals surface area (Å²) in [5.41, 5.74) is 1.04. The van der Waals surface area contributed by atoms with E-state index in [2.05, 4.69) is 13.5 Å². The van der Waals surface area contributed by atoms with Gasteiger partial charge in [0.15, 0.2) is 0 Å². The third-order valence-electron chi connectivity index (χ3n) is 2.57. The lowest BCUT2D eigenvalue weighted by atomic mass is 9.93. The zero-order valence-corrected chi connectivity index (χ0v) is 8.22. The van der Waals surface area contributed by atoms with Gasteiger partial charge in [-0.25, -0.2) is 0 Å². The molecule has 0 aromatic heterocycles. The summed E-state index contributed by atoms with van der Waals surface area (Å²) in [6, 6.07) is 0. The van der Waals surface area contributed by atoms with Crippen LogP contribution in [0.1, 0.15) is 26.7 Å². The Morgan fingerprint density at radius 1 is 1.67 bits per heavy atom. The van der Waals surface area contributed by atoms with Gasteiger partial charge < -0.3 is 9.47 Å². The Bertz CT molecular complexity index is 167. The lowest BCUT2D eigenvalue weighted by Gasteiger charge is -2.36. The summed E-state index contributed by atoms with van der Waals surface area (Å²) < 4.78 is 11.0. The quantitative estimate of drug-likeness (QED) is 0.591. The SMILES string of the molecule is C=C(C)C1CCC(C)(OC)CO1. The largest absolute Gasteiger partial charge is 0.376 e. The van der Waals surface area contributed by atoms with Crippen LogP contribution in [0.3, 0.4) is 0 Å². The summed E-state index contributed by atoms with van der Waals surface area (Å²) in [6.07, 6.45) is 2.33. The van der Waals surface area contributed by atoms with Crippen molar-refractivity contribution in [1.82, 2.24) is 0 Å². The molecule has 2 heteroatoms. The molecule has 0 spiro atoms. The predicted molar refractivity (Wildman–Crippen MR) is 49.2 cm³/mol. The van der Waals surface area contributed by atoms with Gasteiger partial charge in [0.05, 0.1) is 18.3 Å². The number of methoxy groups -OCH3 is 1. The molecule has 0 aliphatic carbocycles. The average Bonchev–Trinajstić information content (AvgIpc) is 2.05. The van der Waals surface area contributed by atoms with Crippen LogP contribution in [0.4, 0.5) is 0 Å². The average molecular weight is 170 g/mol. The zero-order valence-electron chi connectivity index (χ0n) is 8.22. The van der Waals surface area contributed by atoms with E-state index in [1.54, 1.807) is 7.11 Å². The van der Waals surface area contributed by atoms with Crippen LogP contribution in [0, 0.1) is 0 Å². The molecule has 2 atom stereocenters. The van der Waals surface area contributed by atoms with E-state index in [0.29, 0.717) is 6.61 Å². The second-order valence-corrected chi connectivity index (χ2v) is 3.84. The van der Waals surface area contributed by atoms with E-state index in [9.17, 15) is 0 Å². The lowest BCUT2D eigenvalue weighted by Crippen LogP contribution is -2.41. The van der Waals surface area contributed by atoms with Gasteiger partial charge in [0, 0.05) is 7.11 Å². The van der Waals surface area contributed by atoms with Crippen molar-refractivity contribution in [2.75, 3.05) is 13.7 Å². The van der Waals surface area contributed by atoms with Crippen LogP contribution in [0.5, 0.6) is 0 Å². The maximum Gasteiger partial charge on any atom is 0.0884 e. The maximum absolute atomic E-state index is 5.62. The molecule has 0 aromatic rings. The van der Waals surface area contributed by atoms with Gasteiger partial charge in [-0.3, -0.25) is 0 Å². The molecule has 70 valence electrons. The second kappa shape index (κ2) is 3.58. The van der Waals surface area contributed by atoms with Crippen LogP contribution in [0.2, 0.25) is 0 Å². The number of hydrogen-bond acceptors (Lipinski definition) is 2. The topological polar surface area (TPSA) is 18.5 Å². The van der Waals surface area contributed by atoms with Gasteiger partial charge in [0.25, 0.3) is 0 Å². The molecule has 1 heterocycles. The molecule has 2 nitrogen and oxygen atoms in total. The Hall–Kier alpha value is -0.340. The van der Waals surface area contributed by atoms with E-state index in [1.807, 2.05) is 6.92 Å². The van der Waals surface area contributed by atoms with Crippen molar-refractivity contribution in [2.24, 2.45) is 0 Å². The van der Waals surface area contributed by atoms with Gasteiger partial charge in [-0.05, 0) is 26.7 Å². The molecule has 0 aromatic carbocycles. The molecule has 2 unspecified atom stereocenters. The first-order chi connectivity index (χ1) is 5.57. The summed E-state index contributed by atoms with van der Waals surface area (Å²) in [5, 5.41) is 0. The summed E-state index contributed by atoms with van der Waals surface area (Å²) in [5.74, 6) is 0. The van der Waals surface area contributed by atoms with Crippen molar-refractivity contribution < 1.29 is 9.47 Å². The minimum atomic E-state index is -0.0774. The Balaban J connectivity index is 2.44. The van der Waals surface area contributed by atoms with Gasteiger partial charge in [0.2, 0.25) is 0 Å². The fraction of sp³-hybridized carbons (Fsp3) is 0.800. The monoisotopic (exact) mass is 170 g/mol. The van der Waals surface area contributed by atoms with Crippen molar-refractivity contribution in [2.45, 2.75) is 38.4 Å². The summed E-state index contributed by atoms with van der Waals surface area (Å²) in [6.45, 7) is 8.67. The van der Waals surface area contributed by atoms with E-state index in [1.165, 1.54) is 0 Å². The Labute approximate surface area is 74.6 Å². The van der Waals surface area contributed by atoms with Crippen LogP contribution in [0.15, 0.2) is 12.2 Å². The fourth-order valence-electron chi connectivity index (χ4n) is 1.42. The van der Waals surface area contributed by atoms with E-state index in [0.717, 1.165) is 18.4 Å². The van der Waals surface area contributed by atoms with Gasteiger partial charge in [-0.15, -0.1) is 0 Å². The third kappa shape index (κ3) is 2.08. The molecular weight excluding hydrogens is 152 g/mol. The molecule has 12 heavy (non-hydrogen) atoms. The van der Waals surface area contributed by atoms with Crippen LogP contribution >= 0.6 is 0 Å². The van der Waals surface area contributed by atoms with Crippen LogP contribution < -0.4 is 0 Å². The smallest absolute Gasteiger partial charge is 0.0884 e. The number of ether oxygens (including phenoxy) is 2. The van der Waals surface area contributed by atoms with Gasteiger partial charge in [-0.1, -0.05) is 12.2 Å². The highest BCUT2D eigenvalue weighted by molar-refractivity contribution is 5.01. The fourth-order valence-corrected chi connectivity index (χ4v) is 1.42. The molecule has 0 saturated carbocycles. The molecule has 1 fully saturated rings. The summed E-state index contributed by atoms with van der Waals surface area (Å²) >= 11 is 0. The molecule has 0 bridgehead atoms. The van der Waals surface area contributed by atoms with E-state index < -0.39 is 0 Å². The van der Waals surface area contributed by atoms with E-state index in [-0.39, 0.29) is 11.7 Å². The molecule has 0 amide bonds. The lowest BCUT2D eigenvalue weighted by molar-refractivity contribution is -0.118. The molecule has 1 rings (SSSR count). The molecule has 0 N–H and O–H groups in total. The third-order valence-corrected chi connectivity index (χ3v) is 2.57. The standard InChI is InChI=1S/C10H18O2/c1-8(2)9-5-6-10(3,11-4)7-12-9/h9H,1,5-7H2,2-4H3. The van der Waals surface area contributed by atoms with Crippen LogP contribution in [-0.2, 0) is 9.47 Å². The number of rotatable bonds is 2. The molecule has 1 aliphatic rings. The Morgan fingerprint density at radius 3 is 2.67 bits per heavy atom. The van der Waals surface area contributed by atoms with Crippen molar-refractivity contribution in [1.29, 1.82) is 0 Å². The highest BCUT2D eigenvalue weighted by atomic mass is 16.5. The maximum atomic E-state index is 5.62.